The summed E-state index contributed by atoms with van der Waals surface area (Å²) < 4.78 is 69.0. The average Bonchev–Trinajstić information content (AvgIpc) is 0.900. The molecule has 654 valence electrons. The fourth-order valence-corrected chi connectivity index (χ4v) is 15.8. The smallest absolute Gasteiger partial charge is 0.462 e. The lowest BCUT2D eigenvalue weighted by molar-refractivity contribution is -0.161. The van der Waals surface area contributed by atoms with Gasteiger partial charge in [0.15, 0.2) is 12.2 Å². The maximum absolute atomic E-state index is 13.2. The van der Waals surface area contributed by atoms with Crippen molar-refractivity contribution < 1.29 is 80.2 Å². The minimum atomic E-state index is -4.97. The van der Waals surface area contributed by atoms with E-state index in [1.165, 1.54) is 289 Å². The van der Waals surface area contributed by atoms with Crippen molar-refractivity contribution in [3.05, 3.63) is 0 Å². The summed E-state index contributed by atoms with van der Waals surface area (Å²) in [5, 5.41) is 10.7. The zero-order valence-corrected chi connectivity index (χ0v) is 74.5. The molecule has 110 heavy (non-hydrogen) atoms. The number of phosphoric acid groups is 2. The minimum absolute atomic E-state index is 0.107. The molecule has 0 spiro atoms. The third-order valence-corrected chi connectivity index (χ3v) is 24.0. The number of rotatable bonds is 89. The summed E-state index contributed by atoms with van der Waals surface area (Å²) in [7, 11) is -9.94. The first-order valence-electron chi connectivity index (χ1n) is 46.9. The third-order valence-electron chi connectivity index (χ3n) is 22.1. The number of phosphoric ester groups is 2. The van der Waals surface area contributed by atoms with Gasteiger partial charge >= 0.3 is 39.5 Å². The molecule has 0 aliphatic rings. The quantitative estimate of drug-likeness (QED) is 0.0222. The van der Waals surface area contributed by atoms with E-state index in [1.807, 2.05) is 0 Å². The van der Waals surface area contributed by atoms with Crippen LogP contribution in [0.3, 0.4) is 0 Å². The number of aliphatic hydroxyl groups excluding tert-OH is 1. The van der Waals surface area contributed by atoms with E-state index in [-0.39, 0.29) is 25.7 Å². The van der Waals surface area contributed by atoms with Gasteiger partial charge in [-0.25, -0.2) is 9.13 Å². The SMILES string of the molecule is CCCCCCCCCCCCCCCCCCCCCCC(=O)OC[C@H](COP(=O)(O)OC[C@@H](O)COP(=O)(O)OC[C@@H](COC(=O)CCCCCCCCC(C)CC)OC(=O)CCCCCCCCCCCCCCCCCC(C)C)OC(=O)CCCCCCCCCCCCCCCCCCCCC(C)CC. The number of esters is 4. The Morgan fingerprint density at radius 2 is 0.464 bits per heavy atom. The molecule has 0 heterocycles. The van der Waals surface area contributed by atoms with Crippen molar-refractivity contribution in [1.82, 2.24) is 0 Å². The van der Waals surface area contributed by atoms with Crippen LogP contribution in [0.4, 0.5) is 0 Å². The summed E-state index contributed by atoms with van der Waals surface area (Å²) in [6, 6.07) is 0. The van der Waals surface area contributed by atoms with Gasteiger partial charge in [-0.1, -0.05) is 434 Å². The van der Waals surface area contributed by atoms with E-state index in [0.717, 1.165) is 114 Å². The number of ether oxygens (including phenoxy) is 4. The fraction of sp³-hybridized carbons (Fsp3) is 0.956. The topological polar surface area (TPSA) is 237 Å². The van der Waals surface area contributed by atoms with Crippen LogP contribution < -0.4 is 0 Å². The van der Waals surface area contributed by atoms with Gasteiger partial charge in [-0.15, -0.1) is 0 Å². The van der Waals surface area contributed by atoms with E-state index in [0.29, 0.717) is 25.7 Å². The van der Waals surface area contributed by atoms with E-state index in [4.69, 9.17) is 37.0 Å². The highest BCUT2D eigenvalue weighted by Gasteiger charge is 2.31. The van der Waals surface area contributed by atoms with Crippen LogP contribution in [0.25, 0.3) is 0 Å². The van der Waals surface area contributed by atoms with Gasteiger partial charge < -0.3 is 33.8 Å². The number of carbonyl (C=O) groups is 4. The Kier molecular flexibility index (Phi) is 79.4. The van der Waals surface area contributed by atoms with E-state index in [9.17, 15) is 43.2 Å². The predicted molar refractivity (Wildman–Crippen MR) is 455 cm³/mol. The first-order valence-corrected chi connectivity index (χ1v) is 49.9. The summed E-state index contributed by atoms with van der Waals surface area (Å²) >= 11 is 0. The van der Waals surface area contributed by atoms with Crippen LogP contribution in [-0.2, 0) is 65.4 Å². The zero-order chi connectivity index (χ0) is 80.8. The molecular formula is C91H178O17P2. The molecule has 4 unspecified atom stereocenters. The Balaban J connectivity index is 5.22. The van der Waals surface area contributed by atoms with Crippen LogP contribution >= 0.6 is 15.6 Å². The Morgan fingerprint density at radius 1 is 0.264 bits per heavy atom. The summed E-state index contributed by atoms with van der Waals surface area (Å²) in [6.07, 6.45) is 73.7. The third kappa shape index (κ3) is 81.2. The molecule has 0 aromatic carbocycles. The Bertz CT molecular complexity index is 2120. The molecule has 0 rings (SSSR count). The Hall–Kier alpha value is -1.94. The predicted octanol–water partition coefficient (Wildman–Crippen LogP) is 28.0. The lowest BCUT2D eigenvalue weighted by Gasteiger charge is -2.21. The highest BCUT2D eigenvalue weighted by molar-refractivity contribution is 7.47. The van der Waals surface area contributed by atoms with Crippen molar-refractivity contribution >= 4 is 39.5 Å². The standard InChI is InChI=1S/C91H178O17P2/c1-8-11-12-13-14-15-16-17-18-19-20-21-25-30-35-40-45-50-58-65-72-88(93)101-78-86(107-90(95)74-67-60-51-46-41-36-31-26-23-22-24-29-34-39-44-49-56-63-70-83(6)9-2)80-105-109(97,98)103-76-85(92)77-104-110(99,100)106-81-87(79-102-89(94)73-66-59-54-53-57-64-71-84(7)10-3)108-91(96)75-68-61-52-47-42-37-32-27-28-33-38-43-48-55-62-69-82(4)5/h82-87,92H,8-81H2,1-7H3,(H,97,98)(H,99,100)/t83?,84?,85-,86-,87-/m1/s1. The summed E-state index contributed by atoms with van der Waals surface area (Å²) in [4.78, 5) is 73.4. The fourth-order valence-electron chi connectivity index (χ4n) is 14.2. The lowest BCUT2D eigenvalue weighted by Crippen LogP contribution is -2.30. The molecule has 0 aromatic rings. The van der Waals surface area contributed by atoms with Crippen LogP contribution in [0.1, 0.15) is 485 Å². The molecule has 0 aliphatic heterocycles. The average molecular weight is 1610 g/mol. The van der Waals surface area contributed by atoms with Gasteiger partial charge in [0.2, 0.25) is 0 Å². The van der Waals surface area contributed by atoms with Gasteiger partial charge in [0.25, 0.3) is 0 Å². The molecule has 0 bridgehead atoms. The van der Waals surface area contributed by atoms with Crippen LogP contribution in [-0.4, -0.2) is 96.7 Å². The second-order valence-corrected chi connectivity index (χ2v) is 36.6. The van der Waals surface area contributed by atoms with Crippen molar-refractivity contribution in [3.63, 3.8) is 0 Å². The normalized spacial score (nSPS) is 14.3. The Labute approximate surface area is 677 Å². The van der Waals surface area contributed by atoms with Gasteiger partial charge in [-0.2, -0.15) is 0 Å². The van der Waals surface area contributed by atoms with E-state index >= 15 is 0 Å². The van der Waals surface area contributed by atoms with E-state index in [2.05, 4.69) is 48.5 Å². The molecule has 0 saturated heterocycles. The minimum Gasteiger partial charge on any atom is -0.462 e. The summed E-state index contributed by atoms with van der Waals surface area (Å²) in [5.41, 5.74) is 0. The molecule has 0 radical (unpaired) electrons. The van der Waals surface area contributed by atoms with Crippen LogP contribution in [0.5, 0.6) is 0 Å². The first kappa shape index (κ1) is 108. The summed E-state index contributed by atoms with van der Waals surface area (Å²) in [6.45, 7) is 12.1. The molecule has 7 atom stereocenters. The molecule has 0 saturated carbocycles. The van der Waals surface area contributed by atoms with Gasteiger partial charge in [-0.05, 0) is 43.4 Å². The maximum Gasteiger partial charge on any atom is 0.472 e. The van der Waals surface area contributed by atoms with Gasteiger partial charge in [0.05, 0.1) is 26.4 Å². The number of carbonyl (C=O) groups excluding carboxylic acids is 4. The van der Waals surface area contributed by atoms with Gasteiger partial charge in [0, 0.05) is 25.7 Å². The van der Waals surface area contributed by atoms with Crippen molar-refractivity contribution in [3.8, 4) is 0 Å². The van der Waals surface area contributed by atoms with E-state index in [1.54, 1.807) is 0 Å². The number of aliphatic hydroxyl groups is 1. The molecule has 0 aliphatic carbocycles. The van der Waals surface area contributed by atoms with Crippen LogP contribution in [0.15, 0.2) is 0 Å². The molecule has 0 aromatic heterocycles. The monoisotopic (exact) mass is 1610 g/mol. The maximum atomic E-state index is 13.2. The Morgan fingerprint density at radius 3 is 0.691 bits per heavy atom. The second-order valence-electron chi connectivity index (χ2n) is 33.7. The van der Waals surface area contributed by atoms with Crippen molar-refractivity contribution in [2.24, 2.45) is 17.8 Å². The molecule has 0 amide bonds. The first-order chi connectivity index (χ1) is 53.3. The van der Waals surface area contributed by atoms with Crippen molar-refractivity contribution in [2.75, 3.05) is 39.6 Å². The van der Waals surface area contributed by atoms with Crippen LogP contribution in [0.2, 0.25) is 0 Å². The molecule has 3 N–H and O–H groups in total. The molecule has 0 fully saturated rings. The van der Waals surface area contributed by atoms with E-state index < -0.39 is 97.5 Å². The molecular weight excluding hydrogens is 1430 g/mol. The number of hydrogen-bond donors (Lipinski definition) is 3. The van der Waals surface area contributed by atoms with Crippen molar-refractivity contribution in [2.45, 2.75) is 503 Å². The highest BCUT2D eigenvalue weighted by atomic mass is 31.2. The molecule has 17 nitrogen and oxygen atoms in total. The largest absolute Gasteiger partial charge is 0.472 e. The highest BCUT2D eigenvalue weighted by Crippen LogP contribution is 2.45. The number of unbranched alkanes of at least 4 members (excludes halogenated alkanes) is 55. The summed E-state index contributed by atoms with van der Waals surface area (Å²) in [5.74, 6) is 0.304. The van der Waals surface area contributed by atoms with Gasteiger partial charge in [-0.3, -0.25) is 37.3 Å². The number of hydrogen-bond acceptors (Lipinski definition) is 15. The zero-order valence-electron chi connectivity index (χ0n) is 72.7. The molecule has 19 heteroatoms. The van der Waals surface area contributed by atoms with Gasteiger partial charge in [0.1, 0.15) is 19.3 Å². The lowest BCUT2D eigenvalue weighted by atomic mass is 9.99. The van der Waals surface area contributed by atoms with Crippen LogP contribution in [0, 0.1) is 17.8 Å². The van der Waals surface area contributed by atoms with Crippen molar-refractivity contribution in [1.29, 1.82) is 0 Å². The second kappa shape index (κ2) is 80.8.